The molecule has 8 heteroatoms. The number of nitrogens with one attached hydrogen (secondary N) is 2. The van der Waals surface area contributed by atoms with Crippen molar-refractivity contribution in [1.82, 2.24) is 14.5 Å². The highest BCUT2D eigenvalue weighted by Crippen LogP contribution is 2.21. The van der Waals surface area contributed by atoms with Crippen molar-refractivity contribution in [2.75, 3.05) is 17.2 Å². The average molecular weight is 290 g/mol. The number of aryl methyl sites for hydroxylation is 1. The fraction of sp³-hybridized carbons (Fsp3) is 0.385. The van der Waals surface area contributed by atoms with Crippen molar-refractivity contribution in [1.29, 1.82) is 0 Å². The van der Waals surface area contributed by atoms with Gasteiger partial charge in [-0.05, 0) is 6.42 Å². The molecule has 8 nitrogen and oxygen atoms in total. The van der Waals surface area contributed by atoms with Crippen molar-refractivity contribution in [2.24, 2.45) is 7.05 Å². The smallest absolute Gasteiger partial charge is 0.276 e. The maximum atomic E-state index is 11.0. The van der Waals surface area contributed by atoms with Gasteiger partial charge >= 0.3 is 0 Å². The zero-order chi connectivity index (χ0) is 15.2. The Kier molecular flexibility index (Phi) is 4.70. The highest BCUT2D eigenvalue weighted by Gasteiger charge is 2.11. The molecule has 2 aromatic rings. The van der Waals surface area contributed by atoms with E-state index in [4.69, 9.17) is 0 Å². The van der Waals surface area contributed by atoms with Gasteiger partial charge in [0.25, 0.3) is 5.69 Å². The van der Waals surface area contributed by atoms with E-state index >= 15 is 0 Å². The third kappa shape index (κ3) is 3.91. The molecule has 0 fully saturated rings. The van der Waals surface area contributed by atoms with Crippen molar-refractivity contribution in [3.8, 4) is 0 Å². The molecule has 2 aromatic heterocycles. The summed E-state index contributed by atoms with van der Waals surface area (Å²) < 4.78 is 1.88. The second kappa shape index (κ2) is 6.69. The van der Waals surface area contributed by atoms with Gasteiger partial charge in [0.05, 0.1) is 23.6 Å². The van der Waals surface area contributed by atoms with Crippen molar-refractivity contribution in [3.63, 3.8) is 0 Å². The van der Waals surface area contributed by atoms with E-state index in [1.165, 1.54) is 12.1 Å². The summed E-state index contributed by atoms with van der Waals surface area (Å²) in [6, 6.07) is 2.85. The molecular weight excluding hydrogens is 272 g/mol. The lowest BCUT2D eigenvalue weighted by atomic mass is 10.3. The monoisotopic (exact) mass is 290 g/mol. The minimum absolute atomic E-state index is 0.00550. The molecule has 0 radical (unpaired) electrons. The molecule has 2 N–H and O–H groups in total. The van der Waals surface area contributed by atoms with Crippen molar-refractivity contribution >= 4 is 17.3 Å². The highest BCUT2D eigenvalue weighted by molar-refractivity contribution is 5.54. The molecule has 0 amide bonds. The van der Waals surface area contributed by atoms with Crippen molar-refractivity contribution < 1.29 is 4.92 Å². The van der Waals surface area contributed by atoms with Crippen LogP contribution in [0.2, 0.25) is 0 Å². The van der Waals surface area contributed by atoms with E-state index < -0.39 is 4.92 Å². The first-order valence-corrected chi connectivity index (χ1v) is 6.70. The molecular formula is C13H18N6O2. The first-order chi connectivity index (χ1) is 10.1. The van der Waals surface area contributed by atoms with E-state index in [2.05, 4.69) is 20.6 Å². The minimum atomic E-state index is -0.426. The molecule has 2 heterocycles. The highest BCUT2D eigenvalue weighted by atomic mass is 16.6. The van der Waals surface area contributed by atoms with Gasteiger partial charge < -0.3 is 15.2 Å². The Morgan fingerprint density at radius 1 is 1.33 bits per heavy atom. The maximum absolute atomic E-state index is 11.0. The molecule has 0 bridgehead atoms. The van der Waals surface area contributed by atoms with Crippen LogP contribution in [0.15, 0.2) is 24.5 Å². The molecule has 0 saturated heterocycles. The number of hydrogen-bond acceptors (Lipinski definition) is 6. The van der Waals surface area contributed by atoms with Gasteiger partial charge in [-0.3, -0.25) is 10.1 Å². The number of pyridine rings is 1. The molecule has 0 atom stereocenters. The number of hydrogen-bond donors (Lipinski definition) is 2. The second-order valence-corrected chi connectivity index (χ2v) is 4.59. The van der Waals surface area contributed by atoms with Crippen LogP contribution in [0.1, 0.15) is 19.2 Å². The van der Waals surface area contributed by atoms with Gasteiger partial charge in [0.2, 0.25) is 0 Å². The molecule has 0 aliphatic carbocycles. The van der Waals surface area contributed by atoms with Gasteiger partial charge in [-0.1, -0.05) is 6.92 Å². The molecule has 0 aromatic carbocycles. The van der Waals surface area contributed by atoms with Crippen LogP contribution in [0.25, 0.3) is 0 Å². The Balaban J connectivity index is 2.15. The first kappa shape index (κ1) is 14.8. The summed E-state index contributed by atoms with van der Waals surface area (Å²) in [6.07, 6.45) is 4.46. The summed E-state index contributed by atoms with van der Waals surface area (Å²) in [5, 5.41) is 17.1. The van der Waals surface area contributed by atoms with Crippen LogP contribution in [0.4, 0.5) is 17.3 Å². The fourth-order valence-electron chi connectivity index (χ4n) is 1.79. The topological polar surface area (TPSA) is 97.9 Å². The Morgan fingerprint density at radius 2 is 2.05 bits per heavy atom. The van der Waals surface area contributed by atoms with Crippen molar-refractivity contribution in [2.45, 2.75) is 19.9 Å². The minimum Gasteiger partial charge on any atom is -0.370 e. The summed E-state index contributed by atoms with van der Waals surface area (Å²) in [4.78, 5) is 19.0. The largest absolute Gasteiger partial charge is 0.370 e. The van der Waals surface area contributed by atoms with E-state index in [9.17, 15) is 10.1 Å². The van der Waals surface area contributed by atoms with Crippen LogP contribution in [-0.4, -0.2) is 26.0 Å². The number of imidazole rings is 1. The molecule has 21 heavy (non-hydrogen) atoms. The predicted molar refractivity (Wildman–Crippen MR) is 80.2 cm³/mol. The lowest BCUT2D eigenvalue weighted by molar-refractivity contribution is -0.384. The standard InChI is InChI=1S/C13H18N6O2/c1-3-4-14-11-7-10(19(20)21)8-12(17-11)16-9-13-15-5-6-18(13)2/h5-8H,3-4,9H2,1-2H3,(H2,14,16,17). The molecule has 2 rings (SSSR count). The Hall–Kier alpha value is -2.64. The van der Waals surface area contributed by atoms with E-state index in [1.54, 1.807) is 6.20 Å². The molecule has 0 unspecified atom stereocenters. The van der Waals surface area contributed by atoms with E-state index in [0.29, 0.717) is 24.7 Å². The lowest BCUT2D eigenvalue weighted by Crippen LogP contribution is -2.09. The van der Waals surface area contributed by atoms with Gasteiger partial charge in [0.1, 0.15) is 17.5 Å². The fourth-order valence-corrected chi connectivity index (χ4v) is 1.79. The number of anilines is 2. The summed E-state index contributed by atoms with van der Waals surface area (Å²) in [5.41, 5.74) is 0.00550. The summed E-state index contributed by atoms with van der Waals surface area (Å²) in [5.74, 6) is 1.77. The molecule has 0 aliphatic heterocycles. The second-order valence-electron chi connectivity index (χ2n) is 4.59. The van der Waals surface area contributed by atoms with Crippen LogP contribution in [0.3, 0.4) is 0 Å². The van der Waals surface area contributed by atoms with Gasteiger partial charge in [0, 0.05) is 26.0 Å². The Bertz CT molecular complexity index is 625. The molecule has 0 saturated carbocycles. The van der Waals surface area contributed by atoms with Crippen LogP contribution >= 0.6 is 0 Å². The van der Waals surface area contributed by atoms with Crippen LogP contribution in [0.5, 0.6) is 0 Å². The quantitative estimate of drug-likeness (QED) is 0.599. The Morgan fingerprint density at radius 3 is 2.62 bits per heavy atom. The van der Waals surface area contributed by atoms with Crippen molar-refractivity contribution in [3.05, 3.63) is 40.5 Å². The lowest BCUT2D eigenvalue weighted by Gasteiger charge is -2.09. The molecule has 112 valence electrons. The number of nitro groups is 1. The zero-order valence-corrected chi connectivity index (χ0v) is 12.0. The van der Waals surface area contributed by atoms with Gasteiger partial charge in [-0.2, -0.15) is 0 Å². The molecule has 0 spiro atoms. The third-order valence-corrected chi connectivity index (χ3v) is 2.93. The van der Waals surface area contributed by atoms with Gasteiger partial charge in [-0.15, -0.1) is 0 Å². The number of aromatic nitrogens is 3. The van der Waals surface area contributed by atoms with Gasteiger partial charge in [-0.25, -0.2) is 9.97 Å². The first-order valence-electron chi connectivity index (χ1n) is 6.70. The van der Waals surface area contributed by atoms with Crippen LogP contribution in [-0.2, 0) is 13.6 Å². The summed E-state index contributed by atoms with van der Waals surface area (Å²) >= 11 is 0. The van der Waals surface area contributed by atoms with E-state index in [1.807, 2.05) is 24.7 Å². The van der Waals surface area contributed by atoms with E-state index in [-0.39, 0.29) is 5.69 Å². The SMILES string of the molecule is CCCNc1cc([N+](=O)[O-])cc(NCc2nccn2C)n1. The van der Waals surface area contributed by atoms with Crippen LogP contribution in [0, 0.1) is 10.1 Å². The van der Waals surface area contributed by atoms with Gasteiger partial charge in [0.15, 0.2) is 0 Å². The zero-order valence-electron chi connectivity index (χ0n) is 12.0. The van der Waals surface area contributed by atoms with E-state index in [0.717, 1.165) is 12.2 Å². The summed E-state index contributed by atoms with van der Waals surface area (Å²) in [6.45, 7) is 3.18. The number of nitrogens with zero attached hydrogens (tertiary/aromatic N) is 4. The third-order valence-electron chi connectivity index (χ3n) is 2.93. The Labute approximate surface area is 122 Å². The average Bonchev–Trinajstić information content (AvgIpc) is 2.88. The number of rotatable bonds is 7. The van der Waals surface area contributed by atoms with Crippen LogP contribution < -0.4 is 10.6 Å². The normalized spacial score (nSPS) is 10.4. The predicted octanol–water partition coefficient (Wildman–Crippen LogP) is 2.16. The summed E-state index contributed by atoms with van der Waals surface area (Å²) in [7, 11) is 1.89. The molecule has 0 aliphatic rings. The maximum Gasteiger partial charge on any atom is 0.276 e.